The molecule has 8 heteroatoms. The minimum atomic E-state index is -0.452. The number of rotatable bonds is 4. The van der Waals surface area contributed by atoms with Gasteiger partial charge in [-0.3, -0.25) is 14.5 Å². The number of hydrogen-bond acceptors (Lipinski definition) is 6. The average molecular weight is 564 g/mol. The zero-order valence-corrected chi connectivity index (χ0v) is 24.5. The molecule has 0 saturated carbocycles. The summed E-state index contributed by atoms with van der Waals surface area (Å²) in [7, 11) is 0. The molecule has 2 saturated heterocycles. The van der Waals surface area contributed by atoms with Crippen molar-refractivity contribution in [3.8, 4) is 39.7 Å². The number of imidazole rings is 1. The second kappa shape index (κ2) is 10.3. The Labute approximate surface area is 246 Å². The summed E-state index contributed by atoms with van der Waals surface area (Å²) in [6.07, 6.45) is 5.44. The van der Waals surface area contributed by atoms with Crippen molar-refractivity contribution in [1.82, 2.24) is 24.3 Å². The van der Waals surface area contributed by atoms with Crippen molar-refractivity contribution in [2.75, 3.05) is 26.2 Å². The van der Waals surface area contributed by atoms with Gasteiger partial charge in [0, 0.05) is 50.0 Å². The number of ether oxygens (including phenoxy) is 2. The quantitative estimate of drug-likeness (QED) is 0.284. The van der Waals surface area contributed by atoms with Gasteiger partial charge in [0.05, 0.1) is 23.1 Å². The Balaban J connectivity index is 1.05. The molecule has 3 aliphatic heterocycles. The van der Waals surface area contributed by atoms with Crippen LogP contribution in [0.3, 0.4) is 0 Å². The fourth-order valence-corrected chi connectivity index (χ4v) is 6.53. The molecule has 0 radical (unpaired) electrons. The Hall–Kier alpha value is -4.17. The van der Waals surface area contributed by atoms with Crippen molar-refractivity contribution in [3.05, 3.63) is 78.6 Å². The van der Waals surface area contributed by atoms with E-state index in [1.54, 1.807) is 12.4 Å². The van der Waals surface area contributed by atoms with Crippen LogP contribution in [-0.4, -0.2) is 62.2 Å². The molecular weight excluding hydrogens is 526 g/mol. The molecule has 216 valence electrons. The van der Waals surface area contributed by atoms with Gasteiger partial charge in [0.25, 0.3) is 0 Å². The first-order valence-corrected chi connectivity index (χ1v) is 14.8. The SMILES string of the molecule is CC(C)(C)OC(=O)N1CCC2(CC1)CN(Cc1ccc(-c3nc4n(c3-c3ccccc3)COc3cnccc3-4)cc1)C2. The molecule has 3 aliphatic rings. The Morgan fingerprint density at radius 1 is 0.976 bits per heavy atom. The van der Waals surface area contributed by atoms with Gasteiger partial charge in [-0.15, -0.1) is 0 Å². The number of carbonyl (C=O) groups is 1. The van der Waals surface area contributed by atoms with E-state index >= 15 is 0 Å². The second-order valence-corrected chi connectivity index (χ2v) is 12.9. The topological polar surface area (TPSA) is 72.7 Å². The summed E-state index contributed by atoms with van der Waals surface area (Å²) < 4.78 is 13.8. The van der Waals surface area contributed by atoms with Gasteiger partial charge in [0.15, 0.2) is 12.5 Å². The van der Waals surface area contributed by atoms with Crippen LogP contribution < -0.4 is 4.74 Å². The highest BCUT2D eigenvalue weighted by Crippen LogP contribution is 2.43. The van der Waals surface area contributed by atoms with Crippen LogP contribution in [0.15, 0.2) is 73.1 Å². The summed E-state index contributed by atoms with van der Waals surface area (Å²) in [6.45, 7) is 10.8. The Bertz CT molecular complexity index is 1590. The van der Waals surface area contributed by atoms with E-state index in [1.165, 1.54) is 5.56 Å². The first kappa shape index (κ1) is 26.7. The summed E-state index contributed by atoms with van der Waals surface area (Å²) in [5.74, 6) is 1.67. The summed E-state index contributed by atoms with van der Waals surface area (Å²) in [5, 5.41) is 0. The average Bonchev–Trinajstić information content (AvgIpc) is 3.37. The largest absolute Gasteiger partial charge is 0.470 e. The third-order valence-corrected chi connectivity index (χ3v) is 8.62. The van der Waals surface area contributed by atoms with E-state index in [1.807, 2.05) is 37.8 Å². The third kappa shape index (κ3) is 5.04. The number of nitrogens with zero attached hydrogens (tertiary/aromatic N) is 5. The summed E-state index contributed by atoms with van der Waals surface area (Å²) >= 11 is 0. The van der Waals surface area contributed by atoms with Crippen molar-refractivity contribution in [3.63, 3.8) is 0 Å². The maximum absolute atomic E-state index is 12.5. The number of amides is 1. The highest BCUT2D eigenvalue weighted by molar-refractivity contribution is 5.83. The zero-order valence-electron chi connectivity index (χ0n) is 24.5. The van der Waals surface area contributed by atoms with Crippen LogP contribution in [0.4, 0.5) is 4.79 Å². The molecule has 2 aromatic carbocycles. The molecule has 2 aromatic heterocycles. The number of fused-ring (bicyclic) bond motifs is 3. The van der Waals surface area contributed by atoms with E-state index in [0.29, 0.717) is 12.1 Å². The Morgan fingerprint density at radius 2 is 1.71 bits per heavy atom. The Kier molecular flexibility index (Phi) is 6.54. The normalized spacial score (nSPS) is 17.6. The fourth-order valence-electron chi connectivity index (χ4n) is 6.53. The first-order chi connectivity index (χ1) is 20.3. The fraction of sp³-hybridized carbons (Fsp3) is 0.382. The number of pyridine rings is 1. The minimum absolute atomic E-state index is 0.184. The summed E-state index contributed by atoms with van der Waals surface area (Å²) in [6, 6.07) is 21.2. The molecule has 1 amide bonds. The number of benzene rings is 2. The monoisotopic (exact) mass is 563 g/mol. The van der Waals surface area contributed by atoms with Gasteiger partial charge >= 0.3 is 6.09 Å². The van der Waals surface area contributed by atoms with E-state index in [9.17, 15) is 4.79 Å². The lowest BCUT2D eigenvalue weighted by molar-refractivity contribution is -0.0550. The van der Waals surface area contributed by atoms with Gasteiger partial charge in [-0.2, -0.15) is 0 Å². The van der Waals surface area contributed by atoms with Gasteiger partial charge in [-0.25, -0.2) is 9.78 Å². The van der Waals surface area contributed by atoms with Crippen LogP contribution in [0, 0.1) is 5.41 Å². The van der Waals surface area contributed by atoms with Gasteiger partial charge in [0.1, 0.15) is 11.4 Å². The summed E-state index contributed by atoms with van der Waals surface area (Å²) in [5.41, 5.74) is 6.34. The third-order valence-electron chi connectivity index (χ3n) is 8.62. The number of aromatic nitrogens is 3. The molecule has 7 rings (SSSR count). The van der Waals surface area contributed by atoms with Crippen LogP contribution in [-0.2, 0) is 18.0 Å². The van der Waals surface area contributed by atoms with Crippen LogP contribution in [0.1, 0.15) is 39.2 Å². The molecule has 42 heavy (non-hydrogen) atoms. The second-order valence-electron chi connectivity index (χ2n) is 12.9. The molecule has 5 heterocycles. The van der Waals surface area contributed by atoms with Gasteiger partial charge in [0.2, 0.25) is 0 Å². The standard InChI is InChI=1S/C34H37N5O3/c1-33(2,3)42-32(40)38-17-14-34(15-18-38)21-37(22-34)20-24-9-11-25(12-10-24)29-30(26-7-5-4-6-8-26)39-23-41-28-19-35-16-13-27(28)31(39)36-29/h4-13,16,19H,14-15,17-18,20-23H2,1-3H3. The number of likely N-dealkylation sites (tertiary alicyclic amines) is 2. The molecule has 0 N–H and O–H groups in total. The molecule has 2 fully saturated rings. The highest BCUT2D eigenvalue weighted by atomic mass is 16.6. The van der Waals surface area contributed by atoms with Crippen LogP contribution in [0.25, 0.3) is 33.9 Å². The molecule has 8 nitrogen and oxygen atoms in total. The minimum Gasteiger partial charge on any atom is -0.470 e. The molecule has 0 atom stereocenters. The Morgan fingerprint density at radius 3 is 2.43 bits per heavy atom. The molecular formula is C34H37N5O3. The zero-order chi connectivity index (χ0) is 28.9. The van der Waals surface area contributed by atoms with Crippen molar-refractivity contribution >= 4 is 6.09 Å². The predicted octanol–water partition coefficient (Wildman–Crippen LogP) is 6.46. The smallest absolute Gasteiger partial charge is 0.410 e. The van der Waals surface area contributed by atoms with Gasteiger partial charge < -0.3 is 14.4 Å². The molecule has 0 bridgehead atoms. The number of piperidine rings is 1. The number of carbonyl (C=O) groups excluding carboxylic acids is 1. The van der Waals surface area contributed by atoms with Gasteiger partial charge in [-0.05, 0) is 50.7 Å². The molecule has 0 aliphatic carbocycles. The van der Waals surface area contributed by atoms with Crippen LogP contribution in [0.2, 0.25) is 0 Å². The van der Waals surface area contributed by atoms with Gasteiger partial charge in [-0.1, -0.05) is 54.6 Å². The lowest BCUT2D eigenvalue weighted by Gasteiger charge is -2.54. The van der Waals surface area contributed by atoms with Crippen LogP contribution in [0.5, 0.6) is 5.75 Å². The van der Waals surface area contributed by atoms with E-state index in [4.69, 9.17) is 14.5 Å². The maximum Gasteiger partial charge on any atom is 0.410 e. The first-order valence-electron chi connectivity index (χ1n) is 14.8. The van der Waals surface area contributed by atoms with Crippen molar-refractivity contribution < 1.29 is 14.3 Å². The summed E-state index contributed by atoms with van der Waals surface area (Å²) in [4.78, 5) is 26.2. The maximum atomic E-state index is 12.5. The van der Waals surface area contributed by atoms with Crippen molar-refractivity contribution in [2.24, 2.45) is 5.41 Å². The van der Waals surface area contributed by atoms with E-state index in [2.05, 4.69) is 63.0 Å². The van der Waals surface area contributed by atoms with E-state index < -0.39 is 5.60 Å². The van der Waals surface area contributed by atoms with Crippen molar-refractivity contribution in [1.29, 1.82) is 0 Å². The predicted molar refractivity (Wildman–Crippen MR) is 162 cm³/mol. The van der Waals surface area contributed by atoms with Crippen molar-refractivity contribution in [2.45, 2.75) is 52.5 Å². The molecule has 0 unspecified atom stereocenters. The lowest BCUT2D eigenvalue weighted by Crippen LogP contribution is -2.60. The molecule has 1 spiro atoms. The highest BCUT2D eigenvalue weighted by Gasteiger charge is 2.45. The molecule has 4 aromatic rings. The number of hydrogen-bond donors (Lipinski definition) is 0. The lowest BCUT2D eigenvalue weighted by atomic mass is 9.72. The van der Waals surface area contributed by atoms with E-state index in [0.717, 1.165) is 85.2 Å². The van der Waals surface area contributed by atoms with E-state index in [-0.39, 0.29) is 6.09 Å². The van der Waals surface area contributed by atoms with Crippen LogP contribution >= 0.6 is 0 Å².